The molecule has 3 N–H and O–H groups in total. The van der Waals surface area contributed by atoms with Crippen LogP contribution in [0.1, 0.15) is 21.5 Å². The number of methoxy groups -OCH3 is 1. The van der Waals surface area contributed by atoms with Gasteiger partial charge >= 0.3 is 0 Å². The molecule has 26 heavy (non-hydrogen) atoms. The second kappa shape index (κ2) is 9.58. The molecule has 0 bridgehead atoms. The lowest BCUT2D eigenvalue weighted by Gasteiger charge is -2.11. The molecule has 0 aromatic heterocycles. The molecule has 0 unspecified atom stereocenters. The quantitative estimate of drug-likeness (QED) is 0.636. The van der Waals surface area contributed by atoms with Crippen LogP contribution in [-0.4, -0.2) is 38.6 Å². The van der Waals surface area contributed by atoms with E-state index in [1.807, 2.05) is 38.1 Å². The Kier molecular flexibility index (Phi) is 7.17. The largest absolute Gasteiger partial charge is 0.383 e. The fourth-order valence-corrected chi connectivity index (χ4v) is 2.39. The number of ether oxygens (including phenoxy) is 1. The van der Waals surface area contributed by atoms with Gasteiger partial charge in [-0.1, -0.05) is 18.2 Å². The molecule has 2 aromatic rings. The summed E-state index contributed by atoms with van der Waals surface area (Å²) in [7, 11) is 1.58. The Morgan fingerprint density at radius 1 is 1.08 bits per heavy atom. The Hall–Kier alpha value is -2.86. The molecule has 0 aliphatic rings. The van der Waals surface area contributed by atoms with Crippen molar-refractivity contribution in [1.29, 1.82) is 0 Å². The van der Waals surface area contributed by atoms with Crippen LogP contribution in [0.3, 0.4) is 0 Å². The highest BCUT2D eigenvalue weighted by atomic mass is 16.5. The van der Waals surface area contributed by atoms with Gasteiger partial charge in [-0.05, 0) is 49.2 Å². The van der Waals surface area contributed by atoms with Gasteiger partial charge in [0.05, 0.1) is 13.2 Å². The van der Waals surface area contributed by atoms with Crippen LogP contribution in [0.2, 0.25) is 0 Å². The Bertz CT molecular complexity index is 775. The first kappa shape index (κ1) is 19.5. The summed E-state index contributed by atoms with van der Waals surface area (Å²) in [5, 5.41) is 8.71. The Labute approximate surface area is 153 Å². The summed E-state index contributed by atoms with van der Waals surface area (Å²) < 4.78 is 4.91. The lowest BCUT2D eigenvalue weighted by atomic mass is 10.1. The number of carbonyl (C=O) groups excluding carboxylic acids is 2. The average Bonchev–Trinajstić information content (AvgIpc) is 2.63. The van der Waals surface area contributed by atoms with E-state index in [4.69, 9.17) is 4.74 Å². The Morgan fingerprint density at radius 3 is 2.65 bits per heavy atom. The van der Waals surface area contributed by atoms with E-state index in [9.17, 15) is 9.59 Å². The Morgan fingerprint density at radius 2 is 1.88 bits per heavy atom. The molecule has 138 valence electrons. The molecule has 2 rings (SSSR count). The van der Waals surface area contributed by atoms with Crippen molar-refractivity contribution in [3.63, 3.8) is 0 Å². The third-order valence-corrected chi connectivity index (χ3v) is 3.84. The highest BCUT2D eigenvalue weighted by Crippen LogP contribution is 2.16. The number of benzene rings is 2. The molecule has 0 fully saturated rings. The number of nitrogens with one attached hydrogen (secondary N) is 3. The van der Waals surface area contributed by atoms with Gasteiger partial charge in [0, 0.05) is 30.6 Å². The zero-order valence-electron chi connectivity index (χ0n) is 15.4. The fraction of sp³-hybridized carbons (Fsp3) is 0.300. The van der Waals surface area contributed by atoms with Crippen LogP contribution in [0, 0.1) is 13.8 Å². The van der Waals surface area contributed by atoms with E-state index in [2.05, 4.69) is 16.0 Å². The monoisotopic (exact) mass is 355 g/mol. The highest BCUT2D eigenvalue weighted by molar-refractivity contribution is 5.96. The zero-order valence-corrected chi connectivity index (χ0v) is 15.4. The van der Waals surface area contributed by atoms with Crippen LogP contribution in [0.5, 0.6) is 0 Å². The molecule has 0 saturated carbocycles. The SMILES string of the molecule is COCCNC(=O)c1cccc(NCC(=O)Nc2cc(C)ccc2C)c1. The van der Waals surface area contributed by atoms with Crippen LogP contribution >= 0.6 is 0 Å². The molecular weight excluding hydrogens is 330 g/mol. The Balaban J connectivity index is 1.90. The second-order valence-electron chi connectivity index (χ2n) is 6.05. The van der Waals surface area contributed by atoms with Crippen LogP contribution in [0.4, 0.5) is 11.4 Å². The fourth-order valence-electron chi connectivity index (χ4n) is 2.39. The third-order valence-electron chi connectivity index (χ3n) is 3.84. The average molecular weight is 355 g/mol. The first-order valence-electron chi connectivity index (χ1n) is 8.48. The standard InChI is InChI=1S/C20H25N3O3/c1-14-7-8-15(2)18(11-14)23-19(24)13-22-17-6-4-5-16(12-17)20(25)21-9-10-26-3/h4-8,11-12,22H,9-10,13H2,1-3H3,(H,21,25)(H,23,24). The highest BCUT2D eigenvalue weighted by Gasteiger charge is 2.08. The van der Waals surface area contributed by atoms with Crippen molar-refractivity contribution in [1.82, 2.24) is 5.32 Å². The van der Waals surface area contributed by atoms with Crippen molar-refractivity contribution < 1.29 is 14.3 Å². The third kappa shape index (κ3) is 5.89. The first-order chi connectivity index (χ1) is 12.5. The predicted octanol–water partition coefficient (Wildman–Crippen LogP) is 2.73. The summed E-state index contributed by atoms with van der Waals surface area (Å²) in [5.74, 6) is -0.320. The van der Waals surface area contributed by atoms with E-state index in [1.54, 1.807) is 25.3 Å². The normalized spacial score (nSPS) is 10.3. The van der Waals surface area contributed by atoms with E-state index in [-0.39, 0.29) is 18.4 Å². The maximum atomic E-state index is 12.2. The van der Waals surface area contributed by atoms with E-state index >= 15 is 0 Å². The van der Waals surface area contributed by atoms with Gasteiger partial charge in [-0.2, -0.15) is 0 Å². The van der Waals surface area contributed by atoms with Gasteiger partial charge in [0.2, 0.25) is 5.91 Å². The minimum absolute atomic E-state index is 0.113. The van der Waals surface area contributed by atoms with Gasteiger partial charge in [0.15, 0.2) is 0 Å². The topological polar surface area (TPSA) is 79.5 Å². The number of anilines is 2. The van der Waals surface area contributed by atoms with Crippen molar-refractivity contribution in [3.05, 3.63) is 59.2 Å². The molecule has 2 amide bonds. The lowest BCUT2D eigenvalue weighted by Crippen LogP contribution is -2.27. The van der Waals surface area contributed by atoms with Crippen LogP contribution in [-0.2, 0) is 9.53 Å². The maximum Gasteiger partial charge on any atom is 0.251 e. The molecule has 2 aromatic carbocycles. The van der Waals surface area contributed by atoms with E-state index in [0.717, 1.165) is 16.8 Å². The molecule has 0 heterocycles. The number of amides is 2. The van der Waals surface area contributed by atoms with Crippen LogP contribution in [0.25, 0.3) is 0 Å². The predicted molar refractivity (Wildman–Crippen MR) is 104 cm³/mol. The molecule has 0 aliphatic carbocycles. The smallest absolute Gasteiger partial charge is 0.251 e. The molecule has 0 aliphatic heterocycles. The van der Waals surface area contributed by atoms with Gasteiger partial charge in [-0.25, -0.2) is 0 Å². The van der Waals surface area contributed by atoms with Gasteiger partial charge in [-0.3, -0.25) is 9.59 Å². The van der Waals surface area contributed by atoms with Gasteiger partial charge in [0.25, 0.3) is 5.91 Å². The minimum atomic E-state index is -0.175. The maximum absolute atomic E-state index is 12.2. The van der Waals surface area contributed by atoms with Crippen molar-refractivity contribution >= 4 is 23.2 Å². The minimum Gasteiger partial charge on any atom is -0.383 e. The number of carbonyl (C=O) groups is 2. The summed E-state index contributed by atoms with van der Waals surface area (Å²) in [6, 6.07) is 13.0. The second-order valence-corrected chi connectivity index (χ2v) is 6.05. The number of aryl methyl sites for hydroxylation is 2. The summed E-state index contributed by atoms with van der Waals surface area (Å²) >= 11 is 0. The van der Waals surface area contributed by atoms with Crippen molar-refractivity contribution in [2.24, 2.45) is 0 Å². The summed E-state index contributed by atoms with van der Waals surface area (Å²) in [4.78, 5) is 24.2. The van der Waals surface area contributed by atoms with Crippen molar-refractivity contribution in [2.75, 3.05) is 37.4 Å². The van der Waals surface area contributed by atoms with Crippen molar-refractivity contribution in [3.8, 4) is 0 Å². The summed E-state index contributed by atoms with van der Waals surface area (Å²) in [5.41, 5.74) is 4.15. The van der Waals surface area contributed by atoms with Crippen LogP contribution < -0.4 is 16.0 Å². The van der Waals surface area contributed by atoms with Crippen LogP contribution in [0.15, 0.2) is 42.5 Å². The molecule has 6 nitrogen and oxygen atoms in total. The molecule has 0 saturated heterocycles. The number of rotatable bonds is 8. The zero-order chi connectivity index (χ0) is 18.9. The van der Waals surface area contributed by atoms with E-state index in [0.29, 0.717) is 24.4 Å². The molecule has 0 atom stereocenters. The lowest BCUT2D eigenvalue weighted by molar-refractivity contribution is -0.114. The number of hydrogen-bond donors (Lipinski definition) is 3. The molecule has 6 heteroatoms. The molecule has 0 spiro atoms. The van der Waals surface area contributed by atoms with Gasteiger partial charge in [-0.15, -0.1) is 0 Å². The summed E-state index contributed by atoms with van der Waals surface area (Å²) in [6.45, 7) is 4.96. The van der Waals surface area contributed by atoms with Gasteiger partial charge < -0.3 is 20.7 Å². The molecule has 0 radical (unpaired) electrons. The van der Waals surface area contributed by atoms with Crippen molar-refractivity contribution in [2.45, 2.75) is 13.8 Å². The van der Waals surface area contributed by atoms with Gasteiger partial charge in [0.1, 0.15) is 0 Å². The summed E-state index contributed by atoms with van der Waals surface area (Å²) in [6.07, 6.45) is 0. The van der Waals surface area contributed by atoms with E-state index < -0.39 is 0 Å². The number of hydrogen-bond acceptors (Lipinski definition) is 4. The van der Waals surface area contributed by atoms with E-state index in [1.165, 1.54) is 0 Å². The first-order valence-corrected chi connectivity index (χ1v) is 8.48. The molecular formula is C20H25N3O3.